The largest absolute Gasteiger partial charge is 0.493 e. The summed E-state index contributed by atoms with van der Waals surface area (Å²) in [7, 11) is 0. The first kappa shape index (κ1) is 28.1. The molecule has 0 radical (unpaired) electrons. The van der Waals surface area contributed by atoms with E-state index in [4.69, 9.17) is 14.5 Å². The maximum atomic E-state index is 13.2. The van der Waals surface area contributed by atoms with Gasteiger partial charge in [0.1, 0.15) is 11.6 Å². The lowest BCUT2D eigenvalue weighted by Crippen LogP contribution is -2.28. The van der Waals surface area contributed by atoms with Crippen LogP contribution in [0.4, 0.5) is 10.1 Å². The maximum Gasteiger partial charge on any atom is 0.310 e. The number of carbonyl (C=O) groups is 1. The predicted molar refractivity (Wildman–Crippen MR) is 157 cm³/mol. The van der Waals surface area contributed by atoms with E-state index in [0.29, 0.717) is 18.4 Å². The number of aromatic nitrogens is 1. The monoisotopic (exact) mass is 544 g/mol. The number of carbonyl (C=O) groups excluding carboxylic acids is 1. The van der Waals surface area contributed by atoms with Crippen LogP contribution in [-0.2, 0) is 22.4 Å². The van der Waals surface area contributed by atoms with Crippen LogP contribution in [0, 0.1) is 25.1 Å². The molecular weight excluding hydrogens is 503 g/mol. The fourth-order valence-electron chi connectivity index (χ4n) is 6.54. The van der Waals surface area contributed by atoms with Gasteiger partial charge in [0.2, 0.25) is 0 Å². The number of hydrogen-bond donors (Lipinski definition) is 0. The quantitative estimate of drug-likeness (QED) is 0.263. The Morgan fingerprint density at radius 3 is 2.38 bits per heavy atom. The van der Waals surface area contributed by atoms with Gasteiger partial charge in [0.25, 0.3) is 0 Å². The summed E-state index contributed by atoms with van der Waals surface area (Å²) < 4.78 is 24.8. The Morgan fingerprint density at radius 1 is 1.00 bits per heavy atom. The molecule has 1 saturated heterocycles. The van der Waals surface area contributed by atoms with Gasteiger partial charge in [0.15, 0.2) is 0 Å². The topological polar surface area (TPSA) is 51.7 Å². The highest BCUT2D eigenvalue weighted by atomic mass is 19.1. The third kappa shape index (κ3) is 6.32. The number of anilines is 1. The fourth-order valence-corrected chi connectivity index (χ4v) is 6.54. The minimum absolute atomic E-state index is 0.154. The second kappa shape index (κ2) is 12.0. The van der Waals surface area contributed by atoms with Crippen molar-refractivity contribution in [1.29, 1.82) is 0 Å². The summed E-state index contributed by atoms with van der Waals surface area (Å²) in [6.07, 6.45) is 7.17. The lowest BCUT2D eigenvalue weighted by Gasteiger charge is -2.30. The first-order chi connectivity index (χ1) is 19.2. The van der Waals surface area contributed by atoms with Crippen LogP contribution in [0.15, 0.2) is 48.5 Å². The van der Waals surface area contributed by atoms with Crippen LogP contribution in [0.3, 0.4) is 0 Å². The molecule has 0 unspecified atom stereocenters. The van der Waals surface area contributed by atoms with E-state index in [0.717, 1.165) is 58.2 Å². The van der Waals surface area contributed by atoms with Crippen LogP contribution in [0.1, 0.15) is 68.5 Å². The number of nitrogens with zero attached hydrogens (tertiary/aromatic N) is 2. The molecule has 40 heavy (non-hydrogen) atoms. The number of pyridine rings is 1. The molecule has 0 atom stereocenters. The molecule has 2 fully saturated rings. The molecular formula is C34H41FN2O3. The van der Waals surface area contributed by atoms with E-state index in [1.807, 2.05) is 32.9 Å². The van der Waals surface area contributed by atoms with E-state index < -0.39 is 0 Å². The number of ether oxygens (including phenoxy) is 2. The summed E-state index contributed by atoms with van der Waals surface area (Å²) in [6, 6.07) is 14.7. The molecule has 0 amide bonds. The van der Waals surface area contributed by atoms with Crippen molar-refractivity contribution in [2.45, 2.75) is 78.7 Å². The fraction of sp³-hybridized carbons (Fsp3) is 0.471. The standard InChI is InChI=1S/C34H41FN2O3/c1-23(2)40-31(38)21-30-24(3)36-25(4)32(33(30)37-19-18-34(22-37)16-5-6-17-34)27-9-13-29(14-10-27)39-20-15-26-7-11-28(35)12-8-26/h7-14,23H,5-6,15-22H2,1-4H3. The summed E-state index contributed by atoms with van der Waals surface area (Å²) in [5.74, 6) is 0.348. The summed E-state index contributed by atoms with van der Waals surface area (Å²) in [5.41, 5.74) is 7.55. The van der Waals surface area contributed by atoms with Gasteiger partial charge in [-0.25, -0.2) is 4.39 Å². The zero-order chi connectivity index (χ0) is 28.3. The van der Waals surface area contributed by atoms with Crippen molar-refractivity contribution in [3.8, 4) is 16.9 Å². The Hall–Kier alpha value is -3.41. The molecule has 6 heteroatoms. The molecule has 0 N–H and O–H groups in total. The molecule has 1 spiro atoms. The Morgan fingerprint density at radius 2 is 1.70 bits per heavy atom. The van der Waals surface area contributed by atoms with E-state index >= 15 is 0 Å². The highest BCUT2D eigenvalue weighted by Gasteiger charge is 2.41. The summed E-state index contributed by atoms with van der Waals surface area (Å²) in [6.45, 7) is 10.4. The van der Waals surface area contributed by atoms with Crippen molar-refractivity contribution in [2.24, 2.45) is 5.41 Å². The van der Waals surface area contributed by atoms with Gasteiger partial charge in [0, 0.05) is 42.0 Å². The van der Waals surface area contributed by atoms with Gasteiger partial charge in [-0.3, -0.25) is 9.78 Å². The Labute approximate surface area is 237 Å². The molecule has 5 rings (SSSR count). The van der Waals surface area contributed by atoms with Crippen LogP contribution < -0.4 is 9.64 Å². The van der Waals surface area contributed by atoms with Gasteiger partial charge in [-0.15, -0.1) is 0 Å². The number of benzene rings is 2. The molecule has 1 aromatic heterocycles. The van der Waals surface area contributed by atoms with Crippen molar-refractivity contribution >= 4 is 11.7 Å². The van der Waals surface area contributed by atoms with Crippen LogP contribution in [0.2, 0.25) is 0 Å². The smallest absolute Gasteiger partial charge is 0.310 e. The maximum absolute atomic E-state index is 13.2. The van der Waals surface area contributed by atoms with Gasteiger partial charge in [-0.05, 0) is 87.8 Å². The molecule has 2 heterocycles. The Kier molecular flexibility index (Phi) is 8.43. The van der Waals surface area contributed by atoms with E-state index in [2.05, 4.69) is 24.0 Å². The number of hydrogen-bond acceptors (Lipinski definition) is 5. The lowest BCUT2D eigenvalue weighted by atomic mass is 9.85. The predicted octanol–water partition coefficient (Wildman–Crippen LogP) is 7.39. The molecule has 0 bridgehead atoms. The molecule has 1 aliphatic carbocycles. The highest BCUT2D eigenvalue weighted by Crippen LogP contribution is 2.49. The third-order valence-corrected chi connectivity index (χ3v) is 8.48. The van der Waals surface area contributed by atoms with Crippen molar-refractivity contribution in [3.63, 3.8) is 0 Å². The van der Waals surface area contributed by atoms with Gasteiger partial charge in [-0.1, -0.05) is 37.1 Å². The highest BCUT2D eigenvalue weighted by molar-refractivity contribution is 5.87. The molecule has 3 aromatic rings. The van der Waals surface area contributed by atoms with Crippen molar-refractivity contribution in [3.05, 3.63) is 76.9 Å². The second-order valence-electron chi connectivity index (χ2n) is 11.8. The first-order valence-corrected chi connectivity index (χ1v) is 14.7. The molecule has 5 nitrogen and oxygen atoms in total. The van der Waals surface area contributed by atoms with E-state index in [9.17, 15) is 9.18 Å². The SMILES string of the molecule is Cc1nc(C)c(-c2ccc(OCCc3ccc(F)cc3)cc2)c(N2CCC3(CCCC3)C2)c1CC(=O)OC(C)C. The number of esters is 1. The van der Waals surface area contributed by atoms with Crippen LogP contribution >= 0.6 is 0 Å². The molecule has 2 aromatic carbocycles. The van der Waals surface area contributed by atoms with Crippen LogP contribution in [-0.4, -0.2) is 36.8 Å². The third-order valence-electron chi connectivity index (χ3n) is 8.48. The molecule has 1 saturated carbocycles. The Bertz CT molecular complexity index is 1330. The Balaban J connectivity index is 1.43. The lowest BCUT2D eigenvalue weighted by molar-refractivity contribution is -0.146. The van der Waals surface area contributed by atoms with Crippen LogP contribution in [0.25, 0.3) is 11.1 Å². The molecule has 2 aliphatic rings. The van der Waals surface area contributed by atoms with Crippen molar-refractivity contribution in [1.82, 2.24) is 4.98 Å². The minimum atomic E-state index is -0.229. The summed E-state index contributed by atoms with van der Waals surface area (Å²) >= 11 is 0. The summed E-state index contributed by atoms with van der Waals surface area (Å²) in [4.78, 5) is 20.3. The summed E-state index contributed by atoms with van der Waals surface area (Å²) in [5, 5.41) is 0. The normalized spacial score (nSPS) is 16.2. The molecule has 1 aliphatic heterocycles. The van der Waals surface area contributed by atoms with Gasteiger partial charge in [0.05, 0.1) is 24.8 Å². The van der Waals surface area contributed by atoms with Crippen molar-refractivity contribution < 1.29 is 18.7 Å². The average molecular weight is 545 g/mol. The van der Waals surface area contributed by atoms with Crippen LogP contribution in [0.5, 0.6) is 5.75 Å². The molecule has 212 valence electrons. The zero-order valence-corrected chi connectivity index (χ0v) is 24.3. The number of halogens is 1. The van der Waals surface area contributed by atoms with Gasteiger partial charge >= 0.3 is 5.97 Å². The average Bonchev–Trinajstić information content (AvgIpc) is 3.56. The number of rotatable bonds is 9. The van der Waals surface area contributed by atoms with Gasteiger partial charge in [-0.2, -0.15) is 0 Å². The number of aryl methyl sites for hydroxylation is 2. The first-order valence-electron chi connectivity index (χ1n) is 14.7. The van der Waals surface area contributed by atoms with Crippen molar-refractivity contribution in [2.75, 3.05) is 24.6 Å². The van der Waals surface area contributed by atoms with E-state index in [1.165, 1.54) is 44.2 Å². The van der Waals surface area contributed by atoms with E-state index in [-0.39, 0.29) is 24.3 Å². The van der Waals surface area contributed by atoms with E-state index in [1.54, 1.807) is 12.1 Å². The zero-order valence-electron chi connectivity index (χ0n) is 24.3. The second-order valence-corrected chi connectivity index (χ2v) is 11.8. The minimum Gasteiger partial charge on any atom is -0.493 e. The van der Waals surface area contributed by atoms with Gasteiger partial charge < -0.3 is 14.4 Å².